The molecule has 0 radical (unpaired) electrons. The first kappa shape index (κ1) is 21.7. The Kier molecular flexibility index (Phi) is 7.64. The van der Waals surface area contributed by atoms with Crippen LogP contribution in [-0.2, 0) is 16.0 Å². The van der Waals surface area contributed by atoms with Gasteiger partial charge in [0.05, 0.1) is 17.7 Å². The molecular weight excluding hydrogens is 410 g/mol. The molecule has 0 aliphatic heterocycles. The number of anilines is 1. The van der Waals surface area contributed by atoms with Gasteiger partial charge in [0.25, 0.3) is 5.91 Å². The molecule has 0 bridgehead atoms. The fourth-order valence-electron chi connectivity index (χ4n) is 3.22. The van der Waals surface area contributed by atoms with Crippen molar-refractivity contribution in [3.05, 3.63) is 45.4 Å². The lowest BCUT2D eigenvalue weighted by Crippen LogP contribution is -2.32. The van der Waals surface area contributed by atoms with E-state index in [2.05, 4.69) is 15.6 Å². The van der Waals surface area contributed by atoms with Gasteiger partial charge in [-0.25, -0.2) is 4.98 Å². The number of rotatable bonds is 8. The van der Waals surface area contributed by atoms with Gasteiger partial charge in [0.15, 0.2) is 5.13 Å². The molecule has 1 aliphatic carbocycles. The molecule has 156 valence electrons. The summed E-state index contributed by atoms with van der Waals surface area (Å²) in [6.45, 7) is 5.20. The number of aryl methyl sites for hydroxylation is 1. The third-order valence-corrected chi connectivity index (χ3v) is 5.97. The average Bonchev–Trinajstić information content (AvgIpc) is 3.10. The summed E-state index contributed by atoms with van der Waals surface area (Å²) in [5, 5.41) is 6.94. The molecule has 1 atom stereocenters. The second-order valence-corrected chi connectivity index (χ2v) is 8.82. The SMILES string of the molecule is CC(C)OCCCNC(=O)C1CCCc2sc(NC(=O)c3ccc(Cl)cc3)nc21. The van der Waals surface area contributed by atoms with Gasteiger partial charge in [-0.15, -0.1) is 11.3 Å². The van der Waals surface area contributed by atoms with Crippen LogP contribution in [0, 0.1) is 0 Å². The fraction of sp³-hybridized carbons (Fsp3) is 0.476. The van der Waals surface area contributed by atoms with Gasteiger partial charge in [0.2, 0.25) is 5.91 Å². The van der Waals surface area contributed by atoms with Crippen LogP contribution >= 0.6 is 22.9 Å². The normalized spacial score (nSPS) is 15.8. The maximum atomic E-state index is 12.7. The van der Waals surface area contributed by atoms with Crippen molar-refractivity contribution in [1.82, 2.24) is 10.3 Å². The highest BCUT2D eigenvalue weighted by Crippen LogP contribution is 2.37. The minimum Gasteiger partial charge on any atom is -0.379 e. The number of hydrogen-bond donors (Lipinski definition) is 2. The minimum atomic E-state index is -0.262. The van der Waals surface area contributed by atoms with E-state index < -0.39 is 0 Å². The topological polar surface area (TPSA) is 80.3 Å². The Morgan fingerprint density at radius 3 is 2.79 bits per heavy atom. The number of aromatic nitrogens is 1. The Bertz CT molecular complexity index is 851. The number of carbonyl (C=O) groups excluding carboxylic acids is 2. The molecule has 0 saturated heterocycles. The van der Waals surface area contributed by atoms with E-state index in [4.69, 9.17) is 16.3 Å². The van der Waals surface area contributed by atoms with E-state index in [1.54, 1.807) is 24.3 Å². The van der Waals surface area contributed by atoms with Crippen molar-refractivity contribution in [2.45, 2.75) is 51.6 Å². The van der Waals surface area contributed by atoms with Gasteiger partial charge >= 0.3 is 0 Å². The molecule has 6 nitrogen and oxygen atoms in total. The zero-order valence-corrected chi connectivity index (χ0v) is 18.2. The molecule has 2 N–H and O–H groups in total. The standard InChI is InChI=1S/C21H26ClN3O3S/c1-13(2)28-12-4-11-23-20(27)16-5-3-6-17-18(16)24-21(29-17)25-19(26)14-7-9-15(22)10-8-14/h7-10,13,16H,3-6,11-12H2,1-2H3,(H,23,27)(H,24,25,26). The molecule has 3 rings (SSSR count). The summed E-state index contributed by atoms with van der Waals surface area (Å²) >= 11 is 7.32. The quantitative estimate of drug-likeness (QED) is 0.602. The zero-order valence-electron chi connectivity index (χ0n) is 16.7. The van der Waals surface area contributed by atoms with Crippen LogP contribution in [0.3, 0.4) is 0 Å². The summed E-state index contributed by atoms with van der Waals surface area (Å²) in [6.07, 6.45) is 3.58. The summed E-state index contributed by atoms with van der Waals surface area (Å²) in [4.78, 5) is 30.7. The van der Waals surface area contributed by atoms with Crippen molar-refractivity contribution in [2.75, 3.05) is 18.5 Å². The first-order valence-corrected chi connectivity index (χ1v) is 11.1. The first-order chi connectivity index (χ1) is 13.9. The molecular formula is C21H26ClN3O3S. The van der Waals surface area contributed by atoms with Crippen molar-refractivity contribution in [1.29, 1.82) is 0 Å². The summed E-state index contributed by atoms with van der Waals surface area (Å²) in [5.41, 5.74) is 1.31. The van der Waals surface area contributed by atoms with E-state index in [0.29, 0.717) is 28.9 Å². The van der Waals surface area contributed by atoms with Gasteiger partial charge in [-0.1, -0.05) is 11.6 Å². The van der Waals surface area contributed by atoms with Crippen LogP contribution in [0.2, 0.25) is 5.02 Å². The smallest absolute Gasteiger partial charge is 0.257 e. The molecule has 0 spiro atoms. The van der Waals surface area contributed by atoms with Gasteiger partial charge < -0.3 is 10.1 Å². The van der Waals surface area contributed by atoms with E-state index in [0.717, 1.165) is 36.3 Å². The molecule has 29 heavy (non-hydrogen) atoms. The van der Waals surface area contributed by atoms with Gasteiger partial charge in [-0.05, 0) is 63.8 Å². The Morgan fingerprint density at radius 1 is 1.31 bits per heavy atom. The van der Waals surface area contributed by atoms with Crippen molar-refractivity contribution in [2.24, 2.45) is 0 Å². The largest absolute Gasteiger partial charge is 0.379 e. The second kappa shape index (κ2) is 10.2. The van der Waals surface area contributed by atoms with Crippen LogP contribution < -0.4 is 10.6 Å². The van der Waals surface area contributed by atoms with Crippen LogP contribution in [0.15, 0.2) is 24.3 Å². The highest BCUT2D eigenvalue weighted by molar-refractivity contribution is 7.16. The van der Waals surface area contributed by atoms with Crippen molar-refractivity contribution in [3.8, 4) is 0 Å². The molecule has 0 fully saturated rings. The lowest BCUT2D eigenvalue weighted by molar-refractivity contribution is -0.123. The summed E-state index contributed by atoms with van der Waals surface area (Å²) < 4.78 is 5.50. The predicted octanol–water partition coefficient (Wildman–Crippen LogP) is 4.40. The van der Waals surface area contributed by atoms with Gasteiger partial charge in [-0.2, -0.15) is 0 Å². The molecule has 1 aliphatic rings. The highest BCUT2D eigenvalue weighted by Gasteiger charge is 2.30. The number of nitrogens with one attached hydrogen (secondary N) is 2. The fourth-order valence-corrected chi connectivity index (χ4v) is 4.41. The van der Waals surface area contributed by atoms with Crippen molar-refractivity contribution >= 4 is 39.9 Å². The van der Waals surface area contributed by atoms with Crippen molar-refractivity contribution < 1.29 is 14.3 Å². The molecule has 1 unspecified atom stereocenters. The second-order valence-electron chi connectivity index (χ2n) is 7.30. The minimum absolute atomic E-state index is 0.00336. The van der Waals surface area contributed by atoms with Crippen LogP contribution in [0.4, 0.5) is 5.13 Å². The van der Waals surface area contributed by atoms with Crippen LogP contribution in [0.1, 0.15) is 60.0 Å². The van der Waals surface area contributed by atoms with E-state index >= 15 is 0 Å². The molecule has 2 amide bonds. The molecule has 0 saturated carbocycles. The van der Waals surface area contributed by atoms with Crippen molar-refractivity contribution in [3.63, 3.8) is 0 Å². The van der Waals surface area contributed by atoms with E-state index in [1.165, 1.54) is 11.3 Å². The number of carbonyl (C=O) groups is 2. The van der Waals surface area contributed by atoms with Gasteiger partial charge in [-0.3, -0.25) is 14.9 Å². The number of thiazole rings is 1. The average molecular weight is 436 g/mol. The number of hydrogen-bond acceptors (Lipinski definition) is 5. The third kappa shape index (κ3) is 6.01. The number of halogens is 1. The van der Waals surface area contributed by atoms with Crippen LogP contribution in [0.5, 0.6) is 0 Å². The summed E-state index contributed by atoms with van der Waals surface area (Å²) in [6, 6.07) is 6.70. The maximum Gasteiger partial charge on any atom is 0.257 e. The molecule has 8 heteroatoms. The van der Waals surface area contributed by atoms with Gasteiger partial charge in [0.1, 0.15) is 0 Å². The Hall–Kier alpha value is -1.96. The number of ether oxygens (including phenoxy) is 1. The van der Waals surface area contributed by atoms with Crippen LogP contribution in [-0.4, -0.2) is 36.1 Å². The predicted molar refractivity (Wildman–Crippen MR) is 116 cm³/mol. The van der Waals surface area contributed by atoms with E-state index in [-0.39, 0.29) is 23.8 Å². The van der Waals surface area contributed by atoms with E-state index in [1.807, 2.05) is 13.8 Å². The van der Waals surface area contributed by atoms with Crippen LogP contribution in [0.25, 0.3) is 0 Å². The lowest BCUT2D eigenvalue weighted by atomic mass is 9.90. The first-order valence-electron chi connectivity index (χ1n) is 9.90. The Morgan fingerprint density at radius 2 is 2.07 bits per heavy atom. The maximum absolute atomic E-state index is 12.7. The van der Waals surface area contributed by atoms with Gasteiger partial charge in [0, 0.05) is 28.6 Å². The molecule has 1 heterocycles. The molecule has 1 aromatic carbocycles. The Balaban J connectivity index is 1.59. The third-order valence-electron chi connectivity index (χ3n) is 4.67. The highest BCUT2D eigenvalue weighted by atomic mass is 35.5. The van der Waals surface area contributed by atoms with E-state index in [9.17, 15) is 9.59 Å². The zero-order chi connectivity index (χ0) is 20.8. The molecule has 1 aromatic heterocycles. The number of nitrogens with zero attached hydrogens (tertiary/aromatic N) is 1. The molecule has 2 aromatic rings. The summed E-state index contributed by atoms with van der Waals surface area (Å²) in [5.74, 6) is -0.502. The lowest BCUT2D eigenvalue weighted by Gasteiger charge is -2.20. The number of fused-ring (bicyclic) bond motifs is 1. The number of benzene rings is 1. The summed E-state index contributed by atoms with van der Waals surface area (Å²) in [7, 11) is 0. The number of amides is 2. The monoisotopic (exact) mass is 435 g/mol. The Labute approximate surface area is 180 Å².